The molecule has 0 saturated carbocycles. The van der Waals surface area contributed by atoms with E-state index in [2.05, 4.69) is 6.58 Å². The topological polar surface area (TPSA) is 89.3 Å². The smallest absolute Gasteiger partial charge is 0.268 e. The fourth-order valence-corrected chi connectivity index (χ4v) is 0.839. The number of nitro groups is 1. The Morgan fingerprint density at radius 3 is 2.50 bits per heavy atom. The molecular weight excluding hydrogens is 208 g/mol. The molecule has 0 aliphatic rings. The van der Waals surface area contributed by atoms with Gasteiger partial charge in [-0.1, -0.05) is 6.58 Å². The SMILES string of the molecule is C=CC(=CC=CNS(C)(=O)=O)[N+](=O)[O-]. The number of hydrogen-bond acceptors (Lipinski definition) is 4. The molecule has 0 fully saturated rings. The average molecular weight is 218 g/mol. The molecule has 78 valence electrons. The maximum Gasteiger partial charge on any atom is 0.268 e. The third kappa shape index (κ3) is 5.95. The van der Waals surface area contributed by atoms with Crippen molar-refractivity contribution in [2.45, 2.75) is 0 Å². The van der Waals surface area contributed by atoms with Crippen LogP contribution >= 0.6 is 0 Å². The zero-order valence-corrected chi connectivity index (χ0v) is 8.32. The fraction of sp³-hybridized carbons (Fsp3) is 0.143. The van der Waals surface area contributed by atoms with Crippen LogP contribution in [0.4, 0.5) is 0 Å². The molecule has 0 unspecified atom stereocenters. The maximum absolute atomic E-state index is 10.5. The third-order valence-electron chi connectivity index (χ3n) is 1.07. The first-order chi connectivity index (χ1) is 6.37. The predicted molar refractivity (Wildman–Crippen MR) is 52.4 cm³/mol. The first-order valence-electron chi connectivity index (χ1n) is 3.48. The number of nitrogens with zero attached hydrogens (tertiary/aromatic N) is 1. The van der Waals surface area contributed by atoms with Gasteiger partial charge in [-0.15, -0.1) is 0 Å². The van der Waals surface area contributed by atoms with E-state index >= 15 is 0 Å². The molecule has 0 atom stereocenters. The van der Waals surface area contributed by atoms with Crippen molar-refractivity contribution in [3.8, 4) is 0 Å². The van der Waals surface area contributed by atoms with E-state index in [0.717, 1.165) is 24.6 Å². The molecule has 0 saturated heterocycles. The van der Waals surface area contributed by atoms with Crippen molar-refractivity contribution in [1.29, 1.82) is 0 Å². The Morgan fingerprint density at radius 2 is 2.14 bits per heavy atom. The lowest BCUT2D eigenvalue weighted by Gasteiger charge is -1.92. The molecule has 0 amide bonds. The lowest BCUT2D eigenvalue weighted by molar-refractivity contribution is -0.418. The number of rotatable bonds is 5. The van der Waals surface area contributed by atoms with Gasteiger partial charge in [-0.05, 0) is 6.08 Å². The van der Waals surface area contributed by atoms with Gasteiger partial charge in [0.05, 0.1) is 11.2 Å². The van der Waals surface area contributed by atoms with Gasteiger partial charge in [0.15, 0.2) is 0 Å². The summed E-state index contributed by atoms with van der Waals surface area (Å²) in [7, 11) is -3.31. The number of hydrogen-bond donors (Lipinski definition) is 1. The molecule has 0 bridgehead atoms. The van der Waals surface area contributed by atoms with E-state index < -0.39 is 14.9 Å². The minimum absolute atomic E-state index is 0.212. The maximum atomic E-state index is 10.5. The van der Waals surface area contributed by atoms with Gasteiger partial charge < -0.3 is 0 Å². The molecule has 14 heavy (non-hydrogen) atoms. The minimum atomic E-state index is -3.31. The molecule has 0 rings (SSSR count). The van der Waals surface area contributed by atoms with Gasteiger partial charge in [0, 0.05) is 18.4 Å². The zero-order valence-electron chi connectivity index (χ0n) is 7.50. The standard InChI is InChI=1S/C7H10N2O4S/c1-3-7(9(10)11)5-4-6-8-14(2,12)13/h3-6,8H,1H2,2H3. The van der Waals surface area contributed by atoms with Gasteiger partial charge in [0.25, 0.3) is 5.70 Å². The summed E-state index contributed by atoms with van der Waals surface area (Å²) in [6.45, 7) is 3.23. The summed E-state index contributed by atoms with van der Waals surface area (Å²) in [4.78, 5) is 9.59. The molecule has 7 heteroatoms. The number of nitrogens with one attached hydrogen (secondary N) is 1. The molecule has 0 aromatic heterocycles. The van der Waals surface area contributed by atoms with E-state index in [-0.39, 0.29) is 5.70 Å². The highest BCUT2D eigenvalue weighted by molar-refractivity contribution is 7.88. The molecule has 6 nitrogen and oxygen atoms in total. The molecule has 0 spiro atoms. The molecule has 0 heterocycles. The number of allylic oxidation sites excluding steroid dienone is 3. The van der Waals surface area contributed by atoms with Crippen LogP contribution in [-0.2, 0) is 10.0 Å². The quantitative estimate of drug-likeness (QED) is 0.411. The van der Waals surface area contributed by atoms with Gasteiger partial charge in [-0.25, -0.2) is 8.42 Å². The van der Waals surface area contributed by atoms with Crippen molar-refractivity contribution in [3.63, 3.8) is 0 Å². The van der Waals surface area contributed by atoms with E-state index in [1.807, 2.05) is 4.72 Å². The van der Waals surface area contributed by atoms with Crippen molar-refractivity contribution in [1.82, 2.24) is 4.72 Å². The Kier molecular flexibility index (Phi) is 4.57. The van der Waals surface area contributed by atoms with Gasteiger partial charge >= 0.3 is 0 Å². The van der Waals surface area contributed by atoms with Crippen molar-refractivity contribution in [3.05, 3.63) is 46.8 Å². The Balaban J connectivity index is 4.41. The summed E-state index contributed by atoms with van der Waals surface area (Å²) in [5, 5.41) is 10.2. The summed E-state index contributed by atoms with van der Waals surface area (Å²) in [6, 6.07) is 0. The first-order valence-corrected chi connectivity index (χ1v) is 5.37. The van der Waals surface area contributed by atoms with Gasteiger partial charge in [0.2, 0.25) is 10.0 Å². The van der Waals surface area contributed by atoms with Crippen LogP contribution in [0.15, 0.2) is 36.7 Å². The summed E-state index contributed by atoms with van der Waals surface area (Å²) in [6.07, 6.45) is 5.46. The molecule has 1 N–H and O–H groups in total. The summed E-state index contributed by atoms with van der Waals surface area (Å²) in [5.74, 6) is 0. The Hall–Kier alpha value is -1.63. The summed E-state index contributed by atoms with van der Waals surface area (Å²) >= 11 is 0. The molecule has 0 aromatic carbocycles. The van der Waals surface area contributed by atoms with Crippen LogP contribution in [0.3, 0.4) is 0 Å². The van der Waals surface area contributed by atoms with Gasteiger partial charge in [-0.3, -0.25) is 14.8 Å². The molecular formula is C7H10N2O4S. The lowest BCUT2D eigenvalue weighted by Crippen LogP contribution is -2.14. The van der Waals surface area contributed by atoms with Crippen molar-refractivity contribution >= 4 is 10.0 Å². The third-order valence-corrected chi connectivity index (χ3v) is 1.63. The van der Waals surface area contributed by atoms with Crippen LogP contribution in [0.5, 0.6) is 0 Å². The summed E-state index contributed by atoms with van der Waals surface area (Å²) < 4.78 is 23.1. The van der Waals surface area contributed by atoms with Gasteiger partial charge in [0.1, 0.15) is 0 Å². The van der Waals surface area contributed by atoms with Crippen molar-refractivity contribution in [2.75, 3.05) is 6.26 Å². The van der Waals surface area contributed by atoms with Gasteiger partial charge in [-0.2, -0.15) is 0 Å². The van der Waals surface area contributed by atoms with Crippen LogP contribution in [0.2, 0.25) is 0 Å². The van der Waals surface area contributed by atoms with E-state index in [0.29, 0.717) is 0 Å². The predicted octanol–water partition coefficient (Wildman–Crippen LogP) is 0.396. The number of sulfonamides is 1. The van der Waals surface area contributed by atoms with E-state index in [1.165, 1.54) is 6.08 Å². The normalized spacial score (nSPS) is 12.8. The van der Waals surface area contributed by atoms with E-state index in [4.69, 9.17) is 0 Å². The highest BCUT2D eigenvalue weighted by Crippen LogP contribution is 1.95. The van der Waals surface area contributed by atoms with Crippen molar-refractivity contribution in [2.24, 2.45) is 0 Å². The van der Waals surface area contributed by atoms with Crippen LogP contribution in [0.1, 0.15) is 0 Å². The minimum Gasteiger partial charge on any atom is -0.291 e. The Labute approximate surface area is 81.8 Å². The van der Waals surface area contributed by atoms with E-state index in [9.17, 15) is 18.5 Å². The largest absolute Gasteiger partial charge is 0.291 e. The molecule has 0 aliphatic carbocycles. The van der Waals surface area contributed by atoms with Crippen LogP contribution < -0.4 is 4.72 Å². The second-order valence-electron chi connectivity index (χ2n) is 2.30. The average Bonchev–Trinajstić information content (AvgIpc) is 2.01. The Morgan fingerprint density at radius 1 is 1.57 bits per heavy atom. The summed E-state index contributed by atoms with van der Waals surface area (Å²) in [5.41, 5.74) is -0.212. The molecule has 0 aromatic rings. The van der Waals surface area contributed by atoms with Crippen LogP contribution in [-0.4, -0.2) is 19.6 Å². The molecule has 0 aliphatic heterocycles. The highest BCUT2D eigenvalue weighted by Gasteiger charge is 2.01. The first kappa shape index (κ1) is 12.4. The second-order valence-corrected chi connectivity index (χ2v) is 4.08. The zero-order chi connectivity index (χ0) is 11.2. The lowest BCUT2D eigenvalue weighted by atomic mass is 10.4. The fourth-order valence-electron chi connectivity index (χ4n) is 0.513. The highest BCUT2D eigenvalue weighted by atomic mass is 32.2. The molecule has 0 radical (unpaired) electrons. The van der Waals surface area contributed by atoms with Crippen molar-refractivity contribution < 1.29 is 13.3 Å². The van der Waals surface area contributed by atoms with Crippen LogP contribution in [0, 0.1) is 10.1 Å². The van der Waals surface area contributed by atoms with Crippen LogP contribution in [0.25, 0.3) is 0 Å². The van der Waals surface area contributed by atoms with E-state index in [1.54, 1.807) is 0 Å². The Bertz CT molecular complexity index is 380. The second kappa shape index (κ2) is 5.18. The monoisotopic (exact) mass is 218 g/mol.